The minimum atomic E-state index is -0.547. The number of nitrogens with one attached hydrogen (secondary N) is 2. The van der Waals surface area contributed by atoms with Gasteiger partial charge >= 0.3 is 0 Å². The van der Waals surface area contributed by atoms with Crippen LogP contribution in [-0.4, -0.2) is 39.3 Å². The van der Waals surface area contributed by atoms with Gasteiger partial charge in [0.25, 0.3) is 0 Å². The van der Waals surface area contributed by atoms with Gasteiger partial charge in [-0.3, -0.25) is 4.99 Å². The van der Waals surface area contributed by atoms with Crippen molar-refractivity contribution < 1.29 is 13.5 Å². The standard InChI is InChI=1S/C17H25F2N3O/c1-20-17(21-6-2-8-23-12-13-3-4-13)22-7-5-14-9-15(18)11-16(19)10-14/h9-11,13H,2-8,12H2,1H3,(H2,20,21,22). The molecule has 1 aliphatic carbocycles. The fourth-order valence-corrected chi connectivity index (χ4v) is 2.22. The lowest BCUT2D eigenvalue weighted by molar-refractivity contribution is 0.123. The number of aliphatic imine (C=N–C) groups is 1. The third kappa shape index (κ3) is 7.41. The number of benzene rings is 1. The van der Waals surface area contributed by atoms with E-state index in [-0.39, 0.29) is 0 Å². The van der Waals surface area contributed by atoms with Crippen LogP contribution in [0.3, 0.4) is 0 Å². The first-order chi connectivity index (χ1) is 11.2. The van der Waals surface area contributed by atoms with E-state index in [1.165, 1.54) is 25.0 Å². The summed E-state index contributed by atoms with van der Waals surface area (Å²) >= 11 is 0. The Morgan fingerprint density at radius 3 is 2.52 bits per heavy atom. The molecule has 2 N–H and O–H groups in total. The molecule has 1 aromatic rings. The second-order valence-electron chi connectivity index (χ2n) is 5.83. The molecule has 0 atom stereocenters. The number of guanidine groups is 1. The van der Waals surface area contributed by atoms with Gasteiger partial charge in [-0.15, -0.1) is 0 Å². The molecule has 23 heavy (non-hydrogen) atoms. The van der Waals surface area contributed by atoms with Crippen molar-refractivity contribution in [1.82, 2.24) is 10.6 Å². The van der Waals surface area contributed by atoms with E-state index in [1.54, 1.807) is 7.05 Å². The predicted octanol–water partition coefficient (Wildman–Crippen LogP) is 2.49. The van der Waals surface area contributed by atoms with Gasteiger partial charge in [-0.2, -0.15) is 0 Å². The first-order valence-electron chi connectivity index (χ1n) is 8.14. The van der Waals surface area contributed by atoms with Gasteiger partial charge in [0.2, 0.25) is 0 Å². The maximum atomic E-state index is 13.1. The first kappa shape index (κ1) is 17.7. The summed E-state index contributed by atoms with van der Waals surface area (Å²) < 4.78 is 31.8. The quantitative estimate of drug-likeness (QED) is 0.416. The van der Waals surface area contributed by atoms with Gasteiger partial charge in [0.05, 0.1) is 0 Å². The predicted molar refractivity (Wildman–Crippen MR) is 87.6 cm³/mol. The van der Waals surface area contributed by atoms with Gasteiger partial charge in [0, 0.05) is 39.4 Å². The zero-order chi connectivity index (χ0) is 16.5. The fourth-order valence-electron chi connectivity index (χ4n) is 2.22. The average Bonchev–Trinajstić information content (AvgIpc) is 3.32. The zero-order valence-electron chi connectivity index (χ0n) is 13.6. The Morgan fingerprint density at radius 1 is 1.17 bits per heavy atom. The van der Waals surface area contributed by atoms with Crippen LogP contribution in [0.1, 0.15) is 24.8 Å². The maximum absolute atomic E-state index is 13.1. The lowest BCUT2D eigenvalue weighted by atomic mass is 10.1. The smallest absolute Gasteiger partial charge is 0.190 e. The number of hydrogen-bond donors (Lipinski definition) is 2. The summed E-state index contributed by atoms with van der Waals surface area (Å²) in [5.41, 5.74) is 0.624. The molecule has 0 aliphatic heterocycles. The van der Waals surface area contributed by atoms with Gasteiger partial charge in [-0.1, -0.05) is 0 Å². The van der Waals surface area contributed by atoms with E-state index in [0.717, 1.165) is 38.2 Å². The van der Waals surface area contributed by atoms with E-state index in [1.807, 2.05) is 0 Å². The zero-order valence-corrected chi connectivity index (χ0v) is 13.6. The van der Waals surface area contributed by atoms with Gasteiger partial charge < -0.3 is 15.4 Å². The van der Waals surface area contributed by atoms with Crippen LogP contribution < -0.4 is 10.6 Å². The normalized spacial score (nSPS) is 14.8. The average molecular weight is 325 g/mol. The second-order valence-corrected chi connectivity index (χ2v) is 5.83. The summed E-state index contributed by atoms with van der Waals surface area (Å²) in [5.74, 6) is 0.386. The summed E-state index contributed by atoms with van der Waals surface area (Å²) in [4.78, 5) is 4.12. The molecule has 128 valence electrons. The second kappa shape index (κ2) is 9.45. The third-order valence-corrected chi connectivity index (χ3v) is 3.66. The molecule has 2 rings (SSSR count). The highest BCUT2D eigenvalue weighted by Crippen LogP contribution is 2.28. The molecule has 0 radical (unpaired) electrons. The van der Waals surface area contributed by atoms with Crippen LogP contribution in [0.4, 0.5) is 8.78 Å². The summed E-state index contributed by atoms with van der Waals surface area (Å²) in [6, 6.07) is 3.57. The minimum Gasteiger partial charge on any atom is -0.381 e. The van der Waals surface area contributed by atoms with E-state index in [4.69, 9.17) is 4.74 Å². The maximum Gasteiger partial charge on any atom is 0.190 e. The van der Waals surface area contributed by atoms with Crippen molar-refractivity contribution in [3.05, 3.63) is 35.4 Å². The molecule has 0 aromatic heterocycles. The summed E-state index contributed by atoms with van der Waals surface area (Å²) in [5, 5.41) is 6.32. The Bertz CT molecular complexity index is 498. The summed E-state index contributed by atoms with van der Waals surface area (Å²) in [6.45, 7) is 2.97. The van der Waals surface area contributed by atoms with Gasteiger partial charge in [-0.25, -0.2) is 8.78 Å². The number of ether oxygens (including phenoxy) is 1. The van der Waals surface area contributed by atoms with Crippen molar-refractivity contribution in [3.63, 3.8) is 0 Å². The number of halogens is 2. The third-order valence-electron chi connectivity index (χ3n) is 3.66. The van der Waals surface area contributed by atoms with E-state index >= 15 is 0 Å². The fraction of sp³-hybridized carbons (Fsp3) is 0.588. The SMILES string of the molecule is CN=C(NCCCOCC1CC1)NCCc1cc(F)cc(F)c1. The number of hydrogen-bond acceptors (Lipinski definition) is 2. The largest absolute Gasteiger partial charge is 0.381 e. The topological polar surface area (TPSA) is 45.7 Å². The Labute approximate surface area is 136 Å². The van der Waals surface area contributed by atoms with E-state index in [0.29, 0.717) is 24.5 Å². The van der Waals surface area contributed by atoms with Crippen molar-refractivity contribution in [1.29, 1.82) is 0 Å². The molecule has 4 nitrogen and oxygen atoms in total. The molecule has 1 saturated carbocycles. The van der Waals surface area contributed by atoms with E-state index in [2.05, 4.69) is 15.6 Å². The molecule has 1 aromatic carbocycles. The van der Waals surface area contributed by atoms with Gasteiger partial charge in [-0.05, 0) is 49.3 Å². The Hall–Kier alpha value is -1.69. The molecule has 1 fully saturated rings. The van der Waals surface area contributed by atoms with Crippen molar-refractivity contribution in [2.75, 3.05) is 33.4 Å². The first-order valence-corrected chi connectivity index (χ1v) is 8.14. The molecule has 0 unspecified atom stereocenters. The molecule has 0 bridgehead atoms. The van der Waals surface area contributed by atoms with Crippen LogP contribution in [0.2, 0.25) is 0 Å². The van der Waals surface area contributed by atoms with E-state index in [9.17, 15) is 8.78 Å². The molecular weight excluding hydrogens is 300 g/mol. The Balaban J connectivity index is 1.56. The van der Waals surface area contributed by atoms with Gasteiger partial charge in [0.1, 0.15) is 11.6 Å². The minimum absolute atomic E-state index is 0.528. The monoisotopic (exact) mass is 325 g/mol. The molecule has 6 heteroatoms. The van der Waals surface area contributed by atoms with Crippen LogP contribution in [0.25, 0.3) is 0 Å². The molecule has 1 aliphatic rings. The highest BCUT2D eigenvalue weighted by atomic mass is 19.1. The Kier molecular flexibility index (Phi) is 7.26. The lowest BCUT2D eigenvalue weighted by Crippen LogP contribution is -2.39. The summed E-state index contributed by atoms with van der Waals surface area (Å²) in [6.07, 6.45) is 4.07. The van der Waals surface area contributed by atoms with Crippen molar-refractivity contribution in [3.8, 4) is 0 Å². The highest BCUT2D eigenvalue weighted by molar-refractivity contribution is 5.79. The van der Waals surface area contributed by atoms with Gasteiger partial charge in [0.15, 0.2) is 5.96 Å². The van der Waals surface area contributed by atoms with Crippen LogP contribution in [0, 0.1) is 17.6 Å². The molecule has 0 heterocycles. The lowest BCUT2D eigenvalue weighted by Gasteiger charge is -2.12. The Morgan fingerprint density at radius 2 is 1.87 bits per heavy atom. The van der Waals surface area contributed by atoms with Crippen molar-refractivity contribution >= 4 is 5.96 Å². The molecular formula is C17H25F2N3O. The van der Waals surface area contributed by atoms with Crippen LogP contribution in [0.15, 0.2) is 23.2 Å². The number of rotatable bonds is 9. The number of nitrogens with zero attached hydrogens (tertiary/aromatic N) is 1. The van der Waals surface area contributed by atoms with Crippen molar-refractivity contribution in [2.45, 2.75) is 25.7 Å². The molecule has 0 saturated heterocycles. The van der Waals surface area contributed by atoms with Crippen molar-refractivity contribution in [2.24, 2.45) is 10.9 Å². The molecule has 0 amide bonds. The van der Waals surface area contributed by atoms with Crippen LogP contribution >= 0.6 is 0 Å². The highest BCUT2D eigenvalue weighted by Gasteiger charge is 2.20. The van der Waals surface area contributed by atoms with E-state index < -0.39 is 11.6 Å². The van der Waals surface area contributed by atoms with Crippen LogP contribution in [0.5, 0.6) is 0 Å². The summed E-state index contributed by atoms with van der Waals surface area (Å²) in [7, 11) is 1.70. The molecule has 0 spiro atoms. The van der Waals surface area contributed by atoms with Crippen LogP contribution in [-0.2, 0) is 11.2 Å².